The van der Waals surface area contributed by atoms with Gasteiger partial charge in [0.1, 0.15) is 0 Å². The van der Waals surface area contributed by atoms with Gasteiger partial charge in [-0.25, -0.2) is 0 Å². The number of para-hydroxylation sites is 1. The van der Waals surface area contributed by atoms with Crippen molar-refractivity contribution in [2.24, 2.45) is 0 Å². The normalized spacial score (nSPS) is 11.0. The van der Waals surface area contributed by atoms with E-state index in [4.69, 9.17) is 0 Å². The molecule has 0 aliphatic carbocycles. The first kappa shape index (κ1) is 8.84. The summed E-state index contributed by atoms with van der Waals surface area (Å²) in [5, 5.41) is 12.4. The minimum Gasteiger partial charge on any atom is -0.358 e. The number of nitro groups is 1. The van der Waals surface area contributed by atoms with Gasteiger partial charge in [-0.3, -0.25) is 0 Å². The van der Waals surface area contributed by atoms with Crippen molar-refractivity contribution in [2.75, 3.05) is 0 Å². The Balaban J connectivity index is 2.44. The third kappa shape index (κ3) is 1.15. The molecule has 1 N–H and O–H groups in total. The Labute approximate surface area is 89.9 Å². The van der Waals surface area contributed by atoms with Crippen LogP contribution in [0.2, 0.25) is 0 Å². The standard InChI is InChI=1S/C11H7N3O2/c15-14(16)11-5-8-7-3-1-2-4-9(7)13-10(8)6-12-11/h1-6,13H. The van der Waals surface area contributed by atoms with Gasteiger partial charge in [0.25, 0.3) is 0 Å². The van der Waals surface area contributed by atoms with Gasteiger partial charge >= 0.3 is 5.82 Å². The van der Waals surface area contributed by atoms with Gasteiger partial charge in [0.15, 0.2) is 6.20 Å². The molecule has 3 aromatic rings. The summed E-state index contributed by atoms with van der Waals surface area (Å²) in [5.41, 5.74) is 1.77. The van der Waals surface area contributed by atoms with Crippen molar-refractivity contribution in [3.8, 4) is 0 Å². The highest BCUT2D eigenvalue weighted by Crippen LogP contribution is 2.26. The Bertz CT molecular complexity index is 703. The Morgan fingerprint density at radius 1 is 1.19 bits per heavy atom. The van der Waals surface area contributed by atoms with Gasteiger partial charge in [0.05, 0.1) is 5.52 Å². The van der Waals surface area contributed by atoms with Gasteiger partial charge in [-0.2, -0.15) is 0 Å². The van der Waals surface area contributed by atoms with E-state index in [1.165, 1.54) is 12.3 Å². The number of nitrogens with zero attached hydrogens (tertiary/aromatic N) is 2. The molecule has 16 heavy (non-hydrogen) atoms. The number of hydrogen-bond donors (Lipinski definition) is 1. The van der Waals surface area contributed by atoms with Crippen LogP contribution in [0.25, 0.3) is 21.8 Å². The van der Waals surface area contributed by atoms with E-state index in [1.807, 2.05) is 24.3 Å². The van der Waals surface area contributed by atoms with Crippen LogP contribution in [0.15, 0.2) is 36.5 Å². The van der Waals surface area contributed by atoms with Crippen LogP contribution in [0.1, 0.15) is 0 Å². The lowest BCUT2D eigenvalue weighted by molar-refractivity contribution is -0.389. The molecular formula is C11H7N3O2. The molecule has 0 aliphatic heterocycles. The van der Waals surface area contributed by atoms with Crippen LogP contribution in [0.5, 0.6) is 0 Å². The third-order valence-corrected chi connectivity index (χ3v) is 2.56. The summed E-state index contributed by atoms with van der Waals surface area (Å²) in [4.78, 5) is 17.1. The molecule has 0 radical (unpaired) electrons. The molecule has 2 aromatic heterocycles. The summed E-state index contributed by atoms with van der Waals surface area (Å²) in [6.07, 6.45) is 1.49. The second kappa shape index (κ2) is 3.03. The van der Waals surface area contributed by atoms with Crippen molar-refractivity contribution >= 4 is 27.6 Å². The van der Waals surface area contributed by atoms with Gasteiger partial charge in [-0.05, 0) is 16.0 Å². The molecule has 5 nitrogen and oxygen atoms in total. The van der Waals surface area contributed by atoms with Gasteiger partial charge in [0, 0.05) is 22.4 Å². The molecule has 78 valence electrons. The second-order valence-corrected chi connectivity index (χ2v) is 3.52. The number of fused-ring (bicyclic) bond motifs is 3. The lowest BCUT2D eigenvalue weighted by Gasteiger charge is -1.91. The highest BCUT2D eigenvalue weighted by molar-refractivity contribution is 6.07. The molecule has 1 aromatic carbocycles. The van der Waals surface area contributed by atoms with Crippen molar-refractivity contribution in [3.63, 3.8) is 0 Å². The van der Waals surface area contributed by atoms with Crippen LogP contribution in [-0.4, -0.2) is 14.9 Å². The van der Waals surface area contributed by atoms with E-state index in [0.717, 1.165) is 21.8 Å². The fourth-order valence-electron chi connectivity index (χ4n) is 1.84. The number of aromatic nitrogens is 2. The number of benzene rings is 1. The first-order chi connectivity index (χ1) is 7.75. The van der Waals surface area contributed by atoms with E-state index < -0.39 is 4.92 Å². The predicted molar refractivity (Wildman–Crippen MR) is 60.3 cm³/mol. The van der Waals surface area contributed by atoms with Crippen molar-refractivity contribution in [1.82, 2.24) is 9.97 Å². The molecule has 0 fully saturated rings. The van der Waals surface area contributed by atoms with Crippen LogP contribution in [0.3, 0.4) is 0 Å². The van der Waals surface area contributed by atoms with E-state index in [0.29, 0.717) is 0 Å². The van der Waals surface area contributed by atoms with E-state index in [2.05, 4.69) is 9.97 Å². The first-order valence-corrected chi connectivity index (χ1v) is 4.76. The maximum atomic E-state index is 10.6. The highest BCUT2D eigenvalue weighted by atomic mass is 16.6. The number of nitrogens with one attached hydrogen (secondary N) is 1. The highest BCUT2D eigenvalue weighted by Gasteiger charge is 2.11. The van der Waals surface area contributed by atoms with Gasteiger partial charge in [-0.1, -0.05) is 18.2 Å². The van der Waals surface area contributed by atoms with Crippen molar-refractivity contribution in [3.05, 3.63) is 46.6 Å². The maximum Gasteiger partial charge on any atom is 0.364 e. The Hall–Kier alpha value is -2.43. The topological polar surface area (TPSA) is 71.8 Å². The molecule has 5 heteroatoms. The molecular weight excluding hydrogens is 206 g/mol. The van der Waals surface area contributed by atoms with E-state index >= 15 is 0 Å². The van der Waals surface area contributed by atoms with Gasteiger partial charge in [-0.15, -0.1) is 0 Å². The molecule has 0 saturated carbocycles. The van der Waals surface area contributed by atoms with Crippen LogP contribution in [0.4, 0.5) is 5.82 Å². The molecule has 3 rings (SSSR count). The summed E-state index contributed by atoms with van der Waals surface area (Å²) in [7, 11) is 0. The fraction of sp³-hybridized carbons (Fsp3) is 0. The van der Waals surface area contributed by atoms with Crippen LogP contribution < -0.4 is 0 Å². The zero-order valence-electron chi connectivity index (χ0n) is 8.18. The Morgan fingerprint density at radius 3 is 2.81 bits per heavy atom. The molecule has 0 aliphatic rings. The quantitative estimate of drug-likeness (QED) is 0.498. The summed E-state index contributed by atoms with van der Waals surface area (Å²) in [5.74, 6) is -0.128. The number of H-pyrrole nitrogens is 1. The van der Waals surface area contributed by atoms with E-state index in [9.17, 15) is 10.1 Å². The number of hydrogen-bond acceptors (Lipinski definition) is 3. The van der Waals surface area contributed by atoms with Crippen molar-refractivity contribution < 1.29 is 4.92 Å². The first-order valence-electron chi connectivity index (χ1n) is 4.76. The molecule has 0 saturated heterocycles. The Morgan fingerprint density at radius 2 is 2.00 bits per heavy atom. The molecule has 0 amide bonds. The maximum absolute atomic E-state index is 10.6. The molecule has 0 spiro atoms. The lowest BCUT2D eigenvalue weighted by atomic mass is 10.2. The van der Waals surface area contributed by atoms with Crippen LogP contribution >= 0.6 is 0 Å². The average Bonchev–Trinajstić information content (AvgIpc) is 2.66. The summed E-state index contributed by atoms with van der Waals surface area (Å²) in [6, 6.07) is 9.18. The minimum atomic E-state index is -0.485. The second-order valence-electron chi connectivity index (χ2n) is 3.52. The molecule has 0 atom stereocenters. The smallest absolute Gasteiger partial charge is 0.358 e. The van der Waals surface area contributed by atoms with Crippen LogP contribution in [-0.2, 0) is 0 Å². The lowest BCUT2D eigenvalue weighted by Crippen LogP contribution is -1.90. The summed E-state index contributed by atoms with van der Waals surface area (Å²) < 4.78 is 0. The predicted octanol–water partition coefficient (Wildman–Crippen LogP) is 2.62. The number of rotatable bonds is 1. The van der Waals surface area contributed by atoms with Gasteiger partial charge in [0.2, 0.25) is 0 Å². The number of pyridine rings is 1. The summed E-state index contributed by atoms with van der Waals surface area (Å²) in [6.45, 7) is 0. The Kier molecular flexibility index (Phi) is 1.67. The third-order valence-electron chi connectivity index (χ3n) is 2.56. The molecule has 2 heterocycles. The molecule has 0 bridgehead atoms. The van der Waals surface area contributed by atoms with Gasteiger partial charge < -0.3 is 15.1 Å². The SMILES string of the molecule is O=[N+]([O-])c1cc2c(cn1)[nH]c1ccccc12. The van der Waals surface area contributed by atoms with Crippen molar-refractivity contribution in [1.29, 1.82) is 0 Å². The largest absolute Gasteiger partial charge is 0.364 e. The number of aromatic amines is 1. The summed E-state index contributed by atoms with van der Waals surface area (Å²) >= 11 is 0. The monoisotopic (exact) mass is 213 g/mol. The zero-order chi connectivity index (χ0) is 11.1. The van der Waals surface area contributed by atoms with Crippen LogP contribution in [0, 0.1) is 10.1 Å². The fourth-order valence-corrected chi connectivity index (χ4v) is 1.84. The minimum absolute atomic E-state index is 0.128. The van der Waals surface area contributed by atoms with E-state index in [1.54, 1.807) is 0 Å². The van der Waals surface area contributed by atoms with E-state index in [-0.39, 0.29) is 5.82 Å². The zero-order valence-corrected chi connectivity index (χ0v) is 8.18. The molecule has 0 unspecified atom stereocenters. The average molecular weight is 213 g/mol. The van der Waals surface area contributed by atoms with Crippen molar-refractivity contribution in [2.45, 2.75) is 0 Å².